The first-order valence-electron chi connectivity index (χ1n) is 12.5. The van der Waals surface area contributed by atoms with Gasteiger partial charge >= 0.3 is 0 Å². The molecule has 2 saturated heterocycles. The minimum atomic E-state index is -3.46. The Kier molecular flexibility index (Phi) is 6.72. The van der Waals surface area contributed by atoms with Crippen molar-refractivity contribution in [2.45, 2.75) is 57.7 Å². The molecule has 0 unspecified atom stereocenters. The molecule has 9 heteroatoms. The zero-order valence-electron chi connectivity index (χ0n) is 20.2. The molecular weight excluding hydrogens is 454 g/mol. The zero-order valence-corrected chi connectivity index (χ0v) is 21.0. The number of carbonyl (C=O) groups is 1. The van der Waals surface area contributed by atoms with Gasteiger partial charge in [-0.05, 0) is 56.4 Å². The number of hydrogen-bond donors (Lipinski definition) is 0. The molecule has 1 aromatic heterocycles. The van der Waals surface area contributed by atoms with Crippen LogP contribution in [-0.2, 0) is 32.5 Å². The highest BCUT2D eigenvalue weighted by Gasteiger charge is 2.32. The van der Waals surface area contributed by atoms with Gasteiger partial charge in [0, 0.05) is 75.6 Å². The van der Waals surface area contributed by atoms with Gasteiger partial charge in [-0.15, -0.1) is 0 Å². The smallest absolute Gasteiger partial charge is 0.253 e. The minimum absolute atomic E-state index is 0.00777. The maximum absolute atomic E-state index is 13.3. The van der Waals surface area contributed by atoms with Crippen molar-refractivity contribution in [2.24, 2.45) is 0 Å². The second-order valence-corrected chi connectivity index (χ2v) is 11.7. The van der Waals surface area contributed by atoms with Crippen molar-refractivity contribution in [3.05, 3.63) is 35.0 Å². The Labute approximate surface area is 201 Å². The van der Waals surface area contributed by atoms with Crippen molar-refractivity contribution < 1.29 is 22.7 Å². The fourth-order valence-corrected chi connectivity index (χ4v) is 7.01. The highest BCUT2D eigenvalue weighted by molar-refractivity contribution is 7.90. The van der Waals surface area contributed by atoms with Crippen molar-refractivity contribution in [2.75, 3.05) is 45.7 Å². The average Bonchev–Trinajstić information content (AvgIpc) is 3.22. The number of fused-ring (bicyclic) bond motifs is 3. The lowest BCUT2D eigenvalue weighted by atomic mass is 9.98. The lowest BCUT2D eigenvalue weighted by Gasteiger charge is -2.37. The van der Waals surface area contributed by atoms with Crippen molar-refractivity contribution >= 4 is 26.8 Å². The minimum Gasteiger partial charge on any atom is -0.381 e. The van der Waals surface area contributed by atoms with Crippen LogP contribution in [0.15, 0.2) is 18.2 Å². The summed E-state index contributed by atoms with van der Waals surface area (Å²) in [4.78, 5) is 17.7. The third-order valence-corrected chi connectivity index (χ3v) is 9.49. The average molecular weight is 490 g/mol. The summed E-state index contributed by atoms with van der Waals surface area (Å²) in [5, 5.41) is 0.890. The zero-order chi connectivity index (χ0) is 23.9. The van der Waals surface area contributed by atoms with Gasteiger partial charge in [-0.25, -0.2) is 12.4 Å². The van der Waals surface area contributed by atoms with Gasteiger partial charge in [0.25, 0.3) is 5.91 Å². The fourth-order valence-electron chi connectivity index (χ4n) is 5.76. The van der Waals surface area contributed by atoms with Crippen LogP contribution in [0.2, 0.25) is 0 Å². The number of aromatic nitrogens is 1. The van der Waals surface area contributed by atoms with Gasteiger partial charge in [-0.2, -0.15) is 0 Å². The van der Waals surface area contributed by atoms with Gasteiger partial charge in [0.1, 0.15) is 0 Å². The monoisotopic (exact) mass is 489 g/mol. The summed E-state index contributed by atoms with van der Waals surface area (Å²) in [6, 6.07) is 5.99. The number of amides is 1. The lowest BCUT2D eigenvalue weighted by Crippen LogP contribution is -2.42. The van der Waals surface area contributed by atoms with Crippen LogP contribution in [0.3, 0.4) is 0 Å². The van der Waals surface area contributed by atoms with E-state index in [1.807, 2.05) is 17.0 Å². The molecule has 3 aliphatic heterocycles. The molecule has 0 N–H and O–H groups in total. The molecule has 34 heavy (non-hydrogen) atoms. The molecule has 0 atom stereocenters. The molecule has 0 aliphatic carbocycles. The van der Waals surface area contributed by atoms with Gasteiger partial charge < -0.3 is 14.4 Å². The number of hydrogen-bond acceptors (Lipinski definition) is 6. The number of nitrogens with zero attached hydrogens (tertiary/aromatic N) is 3. The van der Waals surface area contributed by atoms with Gasteiger partial charge in [0.2, 0.25) is 10.0 Å². The molecule has 186 valence electrons. The second-order valence-electron chi connectivity index (χ2n) is 9.61. The summed E-state index contributed by atoms with van der Waals surface area (Å²) in [5.41, 5.74) is 3.25. The Morgan fingerprint density at radius 2 is 1.85 bits per heavy atom. The van der Waals surface area contributed by atoms with Crippen LogP contribution < -0.4 is 0 Å². The Morgan fingerprint density at radius 1 is 1.12 bits per heavy atom. The van der Waals surface area contributed by atoms with E-state index >= 15 is 0 Å². The van der Waals surface area contributed by atoms with E-state index < -0.39 is 10.0 Å². The number of piperidine rings is 1. The van der Waals surface area contributed by atoms with Crippen LogP contribution >= 0.6 is 0 Å². The van der Waals surface area contributed by atoms with E-state index in [1.54, 1.807) is 24.1 Å². The molecule has 0 spiro atoms. The molecule has 0 radical (unpaired) electrons. The predicted octanol–water partition coefficient (Wildman–Crippen LogP) is 2.63. The molecule has 0 bridgehead atoms. The van der Waals surface area contributed by atoms with Crippen LogP contribution in [0.25, 0.3) is 10.9 Å². The first-order chi connectivity index (χ1) is 16.4. The summed E-state index contributed by atoms with van der Waals surface area (Å²) in [6.07, 6.45) is 4.58. The molecule has 0 saturated carbocycles. The number of rotatable bonds is 5. The highest BCUT2D eigenvalue weighted by atomic mass is 32.2. The van der Waals surface area contributed by atoms with E-state index in [-0.39, 0.29) is 17.8 Å². The van der Waals surface area contributed by atoms with Crippen molar-refractivity contribution in [1.82, 2.24) is 13.8 Å². The first kappa shape index (κ1) is 23.8. The normalized spacial score (nSPS) is 21.2. The van der Waals surface area contributed by atoms with Crippen molar-refractivity contribution in [3.8, 4) is 0 Å². The molecule has 1 amide bonds. The van der Waals surface area contributed by atoms with E-state index in [4.69, 9.17) is 9.47 Å². The molecule has 8 nitrogen and oxygen atoms in total. The van der Waals surface area contributed by atoms with Gasteiger partial charge in [-0.3, -0.25) is 9.69 Å². The summed E-state index contributed by atoms with van der Waals surface area (Å²) >= 11 is 0. The Bertz CT molecular complexity index is 1160. The van der Waals surface area contributed by atoms with Crippen LogP contribution in [-0.4, -0.2) is 86.0 Å². The number of ether oxygens (including phenoxy) is 2. The van der Waals surface area contributed by atoms with Crippen LogP contribution in [0, 0.1) is 0 Å². The molecule has 3 aliphatic rings. The number of benzene rings is 1. The van der Waals surface area contributed by atoms with E-state index in [9.17, 15) is 13.2 Å². The SMILES string of the molecule is CCS(=O)(=O)n1c2c(c3cc(C(=O)N4CCC(OC)CC4)ccc31)CN(C1CCOCC1)CC2. The van der Waals surface area contributed by atoms with E-state index in [2.05, 4.69) is 4.90 Å². The molecule has 2 aromatic rings. The number of likely N-dealkylation sites (tertiary alicyclic amines) is 1. The summed E-state index contributed by atoms with van der Waals surface area (Å²) < 4.78 is 38.7. The predicted molar refractivity (Wildman–Crippen MR) is 131 cm³/mol. The number of methoxy groups -OCH3 is 1. The third kappa shape index (κ3) is 4.27. The molecular formula is C25H35N3O5S. The quantitative estimate of drug-likeness (QED) is 0.642. The highest BCUT2D eigenvalue weighted by Crippen LogP contribution is 2.35. The molecule has 1 aromatic carbocycles. The standard InChI is InChI=1S/C25H35N3O5S/c1-3-34(30,31)28-23-5-4-18(25(29)26-11-6-20(32-2)7-12-26)16-21(23)22-17-27(13-8-24(22)28)19-9-14-33-15-10-19/h4-5,16,19-20H,3,6-15,17H2,1-2H3. The van der Waals surface area contributed by atoms with Gasteiger partial charge in [-0.1, -0.05) is 0 Å². The van der Waals surface area contributed by atoms with E-state index in [0.29, 0.717) is 43.2 Å². The van der Waals surface area contributed by atoms with E-state index in [0.717, 1.165) is 62.1 Å². The van der Waals surface area contributed by atoms with Gasteiger partial charge in [0.15, 0.2) is 0 Å². The van der Waals surface area contributed by atoms with Crippen LogP contribution in [0.4, 0.5) is 0 Å². The molecule has 5 rings (SSSR count). The molecule has 2 fully saturated rings. The lowest BCUT2D eigenvalue weighted by molar-refractivity contribution is 0.0290. The Morgan fingerprint density at radius 3 is 2.53 bits per heavy atom. The number of carbonyl (C=O) groups excluding carboxylic acids is 1. The first-order valence-corrected chi connectivity index (χ1v) is 14.1. The van der Waals surface area contributed by atoms with Gasteiger partial charge in [0.05, 0.1) is 17.4 Å². The van der Waals surface area contributed by atoms with Crippen molar-refractivity contribution in [1.29, 1.82) is 0 Å². The second kappa shape index (κ2) is 9.60. The van der Waals surface area contributed by atoms with Crippen LogP contribution in [0.5, 0.6) is 0 Å². The van der Waals surface area contributed by atoms with Crippen molar-refractivity contribution in [3.63, 3.8) is 0 Å². The fraction of sp³-hybridized carbons (Fsp3) is 0.640. The molecule has 4 heterocycles. The topological polar surface area (TPSA) is 81.1 Å². The van der Waals surface area contributed by atoms with Crippen LogP contribution in [0.1, 0.15) is 54.2 Å². The van der Waals surface area contributed by atoms with E-state index in [1.165, 1.54) is 0 Å². The Balaban J connectivity index is 1.52. The summed E-state index contributed by atoms with van der Waals surface area (Å²) in [7, 11) is -1.74. The summed E-state index contributed by atoms with van der Waals surface area (Å²) in [6.45, 7) is 6.14. The summed E-state index contributed by atoms with van der Waals surface area (Å²) in [5.74, 6) is 0.0514. The maximum Gasteiger partial charge on any atom is 0.253 e. The maximum atomic E-state index is 13.3. The Hall–Kier alpha value is -1.94. The third-order valence-electron chi connectivity index (χ3n) is 7.79. The largest absolute Gasteiger partial charge is 0.381 e.